The number of nitrogens with one attached hydrogen (secondary N) is 2. The number of nitriles is 1. The molecule has 0 radical (unpaired) electrons. The van der Waals surface area contributed by atoms with E-state index in [1.807, 2.05) is 0 Å². The van der Waals surface area contributed by atoms with Crippen LogP contribution in [0.2, 0.25) is 5.02 Å². The summed E-state index contributed by atoms with van der Waals surface area (Å²) >= 11 is 5.74. The van der Waals surface area contributed by atoms with E-state index in [-0.39, 0.29) is 28.3 Å². The molecule has 0 aliphatic heterocycles. The Morgan fingerprint density at radius 1 is 1.25 bits per heavy atom. The Labute approximate surface area is 164 Å². The summed E-state index contributed by atoms with van der Waals surface area (Å²) in [6.45, 7) is 0. The molecule has 0 atom stereocenters. The first-order valence-corrected chi connectivity index (χ1v) is 8.04. The van der Waals surface area contributed by atoms with E-state index < -0.39 is 16.7 Å². The maximum atomic E-state index is 12.1. The van der Waals surface area contributed by atoms with Crippen molar-refractivity contribution in [2.45, 2.75) is 0 Å². The number of carbonyl (C=O) groups excluding carboxylic acids is 2. The molecular formula is C18H13ClN4O5. The third-order valence-electron chi connectivity index (χ3n) is 3.47. The van der Waals surface area contributed by atoms with E-state index in [1.54, 1.807) is 6.07 Å². The van der Waals surface area contributed by atoms with Gasteiger partial charge in [0.25, 0.3) is 17.5 Å². The summed E-state index contributed by atoms with van der Waals surface area (Å²) in [6.07, 6.45) is 1.06. The molecule has 2 amide bonds. The number of nitro benzene ring substituents is 1. The molecule has 2 rings (SSSR count). The number of nitro groups is 1. The summed E-state index contributed by atoms with van der Waals surface area (Å²) in [4.78, 5) is 34.4. The zero-order valence-electron chi connectivity index (χ0n) is 14.4. The van der Waals surface area contributed by atoms with Crippen molar-refractivity contribution >= 4 is 34.8 Å². The molecule has 2 aromatic carbocycles. The summed E-state index contributed by atoms with van der Waals surface area (Å²) in [5.74, 6) is -1.48. The van der Waals surface area contributed by atoms with Crippen LogP contribution >= 0.6 is 11.6 Å². The molecule has 0 unspecified atom stereocenters. The Balaban J connectivity index is 2.14. The lowest BCUT2D eigenvalue weighted by Crippen LogP contribution is -2.31. The molecule has 0 aliphatic carbocycles. The predicted molar refractivity (Wildman–Crippen MR) is 101 cm³/mol. The molecule has 0 aromatic heterocycles. The molecule has 9 nitrogen and oxygen atoms in total. The molecule has 2 N–H and O–H groups in total. The third-order valence-corrected chi connectivity index (χ3v) is 3.72. The van der Waals surface area contributed by atoms with Crippen LogP contribution in [0.15, 0.2) is 54.2 Å². The number of methoxy groups -OCH3 is 1. The summed E-state index contributed by atoms with van der Waals surface area (Å²) in [5, 5.41) is 25.1. The maximum Gasteiger partial charge on any atom is 0.273 e. The van der Waals surface area contributed by atoms with Crippen LogP contribution in [0.3, 0.4) is 0 Å². The van der Waals surface area contributed by atoms with Gasteiger partial charge in [0.15, 0.2) is 0 Å². The second-order valence-corrected chi connectivity index (χ2v) is 5.68. The average Bonchev–Trinajstić information content (AvgIpc) is 2.68. The van der Waals surface area contributed by atoms with E-state index in [2.05, 4.69) is 10.6 Å². The Hall–Kier alpha value is -3.90. The molecule has 0 bridgehead atoms. The normalized spacial score (nSPS) is 10.5. The Morgan fingerprint density at radius 2 is 1.93 bits per heavy atom. The molecule has 0 aliphatic rings. The van der Waals surface area contributed by atoms with Crippen LogP contribution in [-0.2, 0) is 4.79 Å². The fourth-order valence-corrected chi connectivity index (χ4v) is 2.18. The van der Waals surface area contributed by atoms with Crippen molar-refractivity contribution in [3.05, 3.63) is 74.9 Å². The number of halogens is 1. The first-order chi connectivity index (χ1) is 13.3. The van der Waals surface area contributed by atoms with Gasteiger partial charge in [-0.1, -0.05) is 11.6 Å². The minimum Gasteiger partial charge on any atom is -0.494 e. The smallest absolute Gasteiger partial charge is 0.273 e. The van der Waals surface area contributed by atoms with Crippen molar-refractivity contribution < 1.29 is 19.2 Å². The number of benzene rings is 2. The van der Waals surface area contributed by atoms with Gasteiger partial charge in [-0.15, -0.1) is 0 Å². The highest BCUT2D eigenvalue weighted by atomic mass is 35.5. The van der Waals surface area contributed by atoms with Gasteiger partial charge in [-0.2, -0.15) is 5.26 Å². The van der Waals surface area contributed by atoms with E-state index in [9.17, 15) is 19.7 Å². The lowest BCUT2D eigenvalue weighted by atomic mass is 10.2. The predicted octanol–water partition coefficient (Wildman–Crippen LogP) is 3.03. The number of hydrogen-bond donors (Lipinski definition) is 2. The number of carbonyl (C=O) groups is 2. The molecular weight excluding hydrogens is 388 g/mol. The molecule has 2 aromatic rings. The number of anilines is 1. The van der Waals surface area contributed by atoms with Crippen molar-refractivity contribution in [3.8, 4) is 11.8 Å². The Kier molecular flexibility index (Phi) is 6.68. The zero-order chi connectivity index (χ0) is 20.7. The van der Waals surface area contributed by atoms with Crippen molar-refractivity contribution in [2.24, 2.45) is 0 Å². The van der Waals surface area contributed by atoms with Crippen LogP contribution in [0.4, 0.5) is 11.4 Å². The van der Waals surface area contributed by atoms with Crippen LogP contribution in [0.1, 0.15) is 10.4 Å². The molecule has 0 saturated carbocycles. The quantitative estimate of drug-likeness (QED) is 0.329. The van der Waals surface area contributed by atoms with Gasteiger partial charge < -0.3 is 10.1 Å². The van der Waals surface area contributed by atoms with Crippen LogP contribution in [0.25, 0.3) is 0 Å². The van der Waals surface area contributed by atoms with Gasteiger partial charge in [0.1, 0.15) is 17.4 Å². The lowest BCUT2D eigenvalue weighted by Gasteiger charge is -2.08. The maximum absolute atomic E-state index is 12.1. The Morgan fingerprint density at radius 3 is 2.50 bits per heavy atom. The number of rotatable bonds is 6. The van der Waals surface area contributed by atoms with E-state index in [0.29, 0.717) is 5.02 Å². The third kappa shape index (κ3) is 5.06. The summed E-state index contributed by atoms with van der Waals surface area (Å²) < 4.78 is 5.05. The van der Waals surface area contributed by atoms with Crippen LogP contribution < -0.4 is 15.4 Å². The fourth-order valence-electron chi connectivity index (χ4n) is 2.06. The van der Waals surface area contributed by atoms with E-state index in [0.717, 1.165) is 6.20 Å². The van der Waals surface area contributed by atoms with Crippen LogP contribution in [0.5, 0.6) is 5.75 Å². The SMILES string of the molecule is COc1cc([N+](=O)[O-])ccc1N/C=C(/C#N)C(=O)NC(=O)c1ccc(Cl)cc1. The summed E-state index contributed by atoms with van der Waals surface area (Å²) in [6, 6.07) is 11.3. The molecule has 142 valence electrons. The highest BCUT2D eigenvalue weighted by Crippen LogP contribution is 2.29. The van der Waals surface area contributed by atoms with Gasteiger partial charge in [-0.05, 0) is 30.3 Å². The van der Waals surface area contributed by atoms with Crippen LogP contribution in [-0.4, -0.2) is 23.8 Å². The number of hydrogen-bond acceptors (Lipinski definition) is 7. The molecule has 28 heavy (non-hydrogen) atoms. The van der Waals surface area contributed by atoms with Gasteiger partial charge in [-0.25, -0.2) is 0 Å². The molecule has 0 saturated heterocycles. The highest BCUT2D eigenvalue weighted by Gasteiger charge is 2.15. The standard InChI is InChI=1S/C18H13ClN4O5/c1-28-16-8-14(23(26)27)6-7-15(16)21-10-12(9-20)18(25)22-17(24)11-2-4-13(19)5-3-11/h2-8,10,21H,1H3,(H,22,24,25)/b12-10-. The number of ether oxygens (including phenoxy) is 1. The zero-order valence-corrected chi connectivity index (χ0v) is 15.2. The van der Waals surface area contributed by atoms with Crippen LogP contribution in [0, 0.1) is 21.4 Å². The monoisotopic (exact) mass is 400 g/mol. The molecule has 0 spiro atoms. The minimum atomic E-state index is -0.921. The van der Waals surface area contributed by atoms with Gasteiger partial charge in [0, 0.05) is 22.9 Å². The van der Waals surface area contributed by atoms with Crippen molar-refractivity contribution in [1.82, 2.24) is 5.32 Å². The molecule has 0 heterocycles. The summed E-state index contributed by atoms with van der Waals surface area (Å²) in [7, 11) is 1.32. The second-order valence-electron chi connectivity index (χ2n) is 5.25. The largest absolute Gasteiger partial charge is 0.494 e. The summed E-state index contributed by atoms with van der Waals surface area (Å²) in [5.41, 5.74) is -0.0846. The van der Waals surface area contributed by atoms with Gasteiger partial charge in [0.2, 0.25) is 0 Å². The topological polar surface area (TPSA) is 134 Å². The minimum absolute atomic E-state index is 0.139. The fraction of sp³-hybridized carbons (Fsp3) is 0.0556. The van der Waals surface area contributed by atoms with Crippen molar-refractivity contribution in [1.29, 1.82) is 5.26 Å². The van der Waals surface area contributed by atoms with Crippen molar-refractivity contribution in [3.63, 3.8) is 0 Å². The van der Waals surface area contributed by atoms with E-state index >= 15 is 0 Å². The molecule has 0 fully saturated rings. The number of nitrogens with zero attached hydrogens (tertiary/aromatic N) is 2. The van der Waals surface area contributed by atoms with E-state index in [1.165, 1.54) is 49.6 Å². The lowest BCUT2D eigenvalue weighted by molar-refractivity contribution is -0.384. The number of amides is 2. The second kappa shape index (κ2) is 9.16. The first-order valence-electron chi connectivity index (χ1n) is 7.66. The number of imide groups is 1. The average molecular weight is 401 g/mol. The first kappa shape index (κ1) is 20.4. The Bertz CT molecular complexity index is 996. The molecule has 10 heteroatoms. The van der Waals surface area contributed by atoms with Gasteiger partial charge >= 0.3 is 0 Å². The number of non-ortho nitro benzene ring substituents is 1. The highest BCUT2D eigenvalue weighted by molar-refractivity contribution is 6.30. The van der Waals surface area contributed by atoms with Gasteiger partial charge in [0.05, 0.1) is 23.8 Å². The van der Waals surface area contributed by atoms with Gasteiger partial charge in [-0.3, -0.25) is 25.0 Å². The van der Waals surface area contributed by atoms with Crippen molar-refractivity contribution in [2.75, 3.05) is 12.4 Å². The van der Waals surface area contributed by atoms with E-state index in [4.69, 9.17) is 21.6 Å².